The fourth-order valence-electron chi connectivity index (χ4n) is 2.64. The summed E-state index contributed by atoms with van der Waals surface area (Å²) in [5.41, 5.74) is 1.47. The van der Waals surface area contributed by atoms with Crippen LogP contribution in [0.15, 0.2) is 48.8 Å². The first-order valence-electron chi connectivity index (χ1n) is 8.07. The average molecular weight is 330 g/mol. The summed E-state index contributed by atoms with van der Waals surface area (Å²) in [7, 11) is 0. The summed E-state index contributed by atoms with van der Waals surface area (Å²) in [5, 5.41) is 12.9. The molecule has 2 rings (SSSR count). The molecule has 1 aromatic carbocycles. The first-order chi connectivity index (χ1) is 11.5. The number of benzene rings is 1. The van der Waals surface area contributed by atoms with Gasteiger partial charge in [-0.3, -0.25) is 9.78 Å². The van der Waals surface area contributed by atoms with Gasteiger partial charge in [-0.2, -0.15) is 0 Å². The van der Waals surface area contributed by atoms with E-state index in [0.29, 0.717) is 18.0 Å². The van der Waals surface area contributed by atoms with E-state index in [2.05, 4.69) is 24.1 Å². The van der Waals surface area contributed by atoms with Gasteiger partial charge in [0, 0.05) is 24.9 Å². The van der Waals surface area contributed by atoms with Crippen LogP contribution in [0, 0.1) is 11.7 Å². The number of nitrogens with zero attached hydrogens (tertiary/aromatic N) is 1. The number of carbonyl (C=O) groups excluding carboxylic acids is 1. The van der Waals surface area contributed by atoms with Gasteiger partial charge < -0.3 is 10.4 Å². The summed E-state index contributed by atoms with van der Waals surface area (Å²) in [5.74, 6) is -0.207. The van der Waals surface area contributed by atoms with Crippen LogP contribution in [0.1, 0.15) is 43.4 Å². The van der Waals surface area contributed by atoms with Crippen LogP contribution in [0.2, 0.25) is 0 Å². The van der Waals surface area contributed by atoms with E-state index >= 15 is 0 Å². The van der Waals surface area contributed by atoms with Gasteiger partial charge in [0.25, 0.3) is 0 Å². The third-order valence-corrected chi connectivity index (χ3v) is 4.05. The van der Waals surface area contributed by atoms with Crippen LogP contribution >= 0.6 is 0 Å². The standard InChI is InChI=1S/C19H23FN2O2/c1-13(2)17(15-6-4-8-21-11-15)12-22-19(24)10-18(23)14-5-3-7-16(20)9-14/h3-9,11,13,17-18,23H,10,12H2,1-2H3,(H,22,24). The van der Waals surface area contributed by atoms with E-state index in [1.54, 1.807) is 18.5 Å². The molecule has 4 nitrogen and oxygen atoms in total. The second-order valence-corrected chi connectivity index (χ2v) is 6.22. The number of hydrogen-bond acceptors (Lipinski definition) is 3. The highest BCUT2D eigenvalue weighted by atomic mass is 19.1. The maximum Gasteiger partial charge on any atom is 0.222 e. The van der Waals surface area contributed by atoms with Crippen molar-refractivity contribution in [2.75, 3.05) is 6.54 Å². The summed E-state index contributed by atoms with van der Waals surface area (Å²) in [6.45, 7) is 4.65. The van der Waals surface area contributed by atoms with Crippen LogP contribution in [0.5, 0.6) is 0 Å². The van der Waals surface area contributed by atoms with E-state index in [0.717, 1.165) is 5.56 Å². The van der Waals surface area contributed by atoms with Gasteiger partial charge >= 0.3 is 0 Å². The van der Waals surface area contributed by atoms with Crippen LogP contribution in [0.3, 0.4) is 0 Å². The summed E-state index contributed by atoms with van der Waals surface area (Å²) in [6, 6.07) is 9.53. The lowest BCUT2D eigenvalue weighted by Gasteiger charge is -2.22. The van der Waals surface area contributed by atoms with Crippen molar-refractivity contribution < 1.29 is 14.3 Å². The number of halogens is 1. The van der Waals surface area contributed by atoms with Crippen molar-refractivity contribution in [3.8, 4) is 0 Å². The van der Waals surface area contributed by atoms with E-state index < -0.39 is 11.9 Å². The Bertz CT molecular complexity index is 661. The number of nitrogens with one attached hydrogen (secondary N) is 1. The monoisotopic (exact) mass is 330 g/mol. The molecule has 0 spiro atoms. The minimum Gasteiger partial charge on any atom is -0.388 e. The summed E-state index contributed by atoms with van der Waals surface area (Å²) in [6.07, 6.45) is 2.41. The summed E-state index contributed by atoms with van der Waals surface area (Å²) >= 11 is 0. The lowest BCUT2D eigenvalue weighted by atomic mass is 9.89. The Hall–Kier alpha value is -2.27. The molecule has 2 N–H and O–H groups in total. The van der Waals surface area contributed by atoms with Crippen LogP contribution < -0.4 is 5.32 Å². The largest absolute Gasteiger partial charge is 0.388 e. The van der Waals surface area contributed by atoms with Crippen LogP contribution in [0.25, 0.3) is 0 Å². The molecule has 0 fully saturated rings. The summed E-state index contributed by atoms with van der Waals surface area (Å²) in [4.78, 5) is 16.2. The van der Waals surface area contributed by atoms with Crippen LogP contribution in [0.4, 0.5) is 4.39 Å². The highest BCUT2D eigenvalue weighted by Crippen LogP contribution is 2.23. The van der Waals surface area contributed by atoms with Crippen molar-refractivity contribution in [2.45, 2.75) is 32.3 Å². The molecular weight excluding hydrogens is 307 g/mol. The lowest BCUT2D eigenvalue weighted by Crippen LogP contribution is -2.31. The van der Waals surface area contributed by atoms with Gasteiger partial charge in [0.05, 0.1) is 12.5 Å². The first kappa shape index (κ1) is 18.1. The third kappa shape index (κ3) is 5.13. The number of aliphatic hydroxyl groups excluding tert-OH is 1. The molecule has 1 aromatic heterocycles. The van der Waals surface area contributed by atoms with Crippen molar-refractivity contribution in [2.24, 2.45) is 5.92 Å². The topological polar surface area (TPSA) is 62.2 Å². The molecule has 0 saturated heterocycles. The number of aromatic nitrogens is 1. The normalized spacial score (nSPS) is 13.5. The molecule has 0 saturated carbocycles. The lowest BCUT2D eigenvalue weighted by molar-refractivity contribution is -0.123. The van der Waals surface area contributed by atoms with Gasteiger partial charge in [0.15, 0.2) is 0 Å². The van der Waals surface area contributed by atoms with E-state index in [1.165, 1.54) is 18.2 Å². The number of hydrogen-bond donors (Lipinski definition) is 2. The van der Waals surface area contributed by atoms with Crippen molar-refractivity contribution in [1.82, 2.24) is 10.3 Å². The smallest absolute Gasteiger partial charge is 0.222 e. The number of carbonyl (C=O) groups is 1. The van der Waals surface area contributed by atoms with Gasteiger partial charge in [-0.05, 0) is 35.2 Å². The van der Waals surface area contributed by atoms with Crippen molar-refractivity contribution in [3.05, 3.63) is 65.7 Å². The van der Waals surface area contributed by atoms with E-state index in [1.807, 2.05) is 12.1 Å². The molecule has 0 radical (unpaired) electrons. The minimum atomic E-state index is -1.02. The molecular formula is C19H23FN2O2. The maximum absolute atomic E-state index is 13.2. The van der Waals surface area contributed by atoms with E-state index in [4.69, 9.17) is 0 Å². The molecule has 128 valence electrons. The van der Waals surface area contributed by atoms with Crippen molar-refractivity contribution >= 4 is 5.91 Å². The Morgan fingerprint density at radius 1 is 1.25 bits per heavy atom. The van der Waals surface area contributed by atoms with Gasteiger partial charge in [-0.25, -0.2) is 4.39 Å². The Labute approximate surface area is 141 Å². The van der Waals surface area contributed by atoms with Gasteiger partial charge in [0.2, 0.25) is 5.91 Å². The number of aliphatic hydroxyl groups is 1. The molecule has 2 aromatic rings. The fourth-order valence-corrected chi connectivity index (χ4v) is 2.64. The average Bonchev–Trinajstić information content (AvgIpc) is 2.55. The van der Waals surface area contributed by atoms with Crippen LogP contribution in [-0.2, 0) is 4.79 Å². The van der Waals surface area contributed by atoms with Crippen molar-refractivity contribution in [1.29, 1.82) is 0 Å². The number of rotatable bonds is 7. The van der Waals surface area contributed by atoms with E-state index in [9.17, 15) is 14.3 Å². The second kappa shape index (κ2) is 8.55. The Morgan fingerprint density at radius 3 is 2.62 bits per heavy atom. The molecule has 5 heteroatoms. The zero-order valence-electron chi connectivity index (χ0n) is 13.9. The number of amides is 1. The fraction of sp³-hybridized carbons (Fsp3) is 0.368. The Kier molecular flexibility index (Phi) is 6.44. The Balaban J connectivity index is 1.91. The third-order valence-electron chi connectivity index (χ3n) is 4.05. The molecule has 24 heavy (non-hydrogen) atoms. The molecule has 0 aliphatic heterocycles. The Morgan fingerprint density at radius 2 is 2.00 bits per heavy atom. The van der Waals surface area contributed by atoms with Crippen molar-refractivity contribution in [3.63, 3.8) is 0 Å². The predicted molar refractivity (Wildman–Crippen MR) is 90.8 cm³/mol. The second-order valence-electron chi connectivity index (χ2n) is 6.22. The highest BCUT2D eigenvalue weighted by Gasteiger charge is 2.19. The zero-order valence-corrected chi connectivity index (χ0v) is 13.9. The SMILES string of the molecule is CC(C)C(CNC(=O)CC(O)c1cccc(F)c1)c1cccnc1. The first-order valence-corrected chi connectivity index (χ1v) is 8.07. The minimum absolute atomic E-state index is 0.0959. The molecule has 0 bridgehead atoms. The number of pyridine rings is 1. The van der Waals surface area contributed by atoms with Gasteiger partial charge in [0.1, 0.15) is 5.82 Å². The van der Waals surface area contributed by atoms with Gasteiger partial charge in [-0.1, -0.05) is 32.0 Å². The maximum atomic E-state index is 13.2. The summed E-state index contributed by atoms with van der Waals surface area (Å²) < 4.78 is 13.2. The molecule has 2 unspecified atom stereocenters. The predicted octanol–water partition coefficient (Wildman–Crippen LogP) is 3.20. The highest BCUT2D eigenvalue weighted by molar-refractivity contribution is 5.76. The molecule has 0 aliphatic rings. The molecule has 1 heterocycles. The zero-order chi connectivity index (χ0) is 17.5. The molecule has 0 aliphatic carbocycles. The molecule has 2 atom stereocenters. The van der Waals surface area contributed by atoms with E-state index in [-0.39, 0.29) is 18.2 Å². The molecule has 1 amide bonds. The van der Waals surface area contributed by atoms with Gasteiger partial charge in [-0.15, -0.1) is 0 Å². The van der Waals surface area contributed by atoms with Crippen LogP contribution in [-0.4, -0.2) is 22.5 Å². The quantitative estimate of drug-likeness (QED) is 0.819.